The van der Waals surface area contributed by atoms with E-state index in [1.54, 1.807) is 0 Å². The van der Waals surface area contributed by atoms with Crippen LogP contribution in [-0.4, -0.2) is 88.0 Å². The van der Waals surface area contributed by atoms with Gasteiger partial charge < -0.3 is 42.6 Å². The Kier molecular flexibility index (Phi) is 28.1. The van der Waals surface area contributed by atoms with Crippen molar-refractivity contribution in [1.82, 2.24) is 5.32 Å². The van der Waals surface area contributed by atoms with E-state index in [0.29, 0.717) is 6.54 Å². The van der Waals surface area contributed by atoms with Crippen LogP contribution in [-0.2, 0) is 4.79 Å². The van der Waals surface area contributed by atoms with E-state index in [1.807, 2.05) is 0 Å². The largest absolute Gasteiger partial charge is 1.00 e. The molecule has 0 bridgehead atoms. The van der Waals surface area contributed by atoms with Gasteiger partial charge in [0, 0.05) is 12.8 Å². The second kappa shape index (κ2) is 28.4. The molecular formula is C38H77ClN2O5. The quantitative estimate of drug-likeness (QED) is 0.0566. The van der Waals surface area contributed by atoms with Crippen LogP contribution >= 0.6 is 0 Å². The molecule has 0 heterocycles. The topological polar surface area (TPSA) is 110 Å². The van der Waals surface area contributed by atoms with Gasteiger partial charge in [0.15, 0.2) is 0 Å². The highest BCUT2D eigenvalue weighted by Gasteiger charge is 2.48. The fraction of sp³-hybridized carbons (Fsp3) is 0.974. The zero-order chi connectivity index (χ0) is 33.2. The molecule has 2 atom stereocenters. The van der Waals surface area contributed by atoms with E-state index in [0.717, 1.165) is 24.1 Å². The van der Waals surface area contributed by atoms with Crippen LogP contribution in [0.15, 0.2) is 0 Å². The highest BCUT2D eigenvalue weighted by molar-refractivity contribution is 5.85. The molecule has 0 unspecified atom stereocenters. The summed E-state index contributed by atoms with van der Waals surface area (Å²) in [6.07, 6.45) is 27.7. The van der Waals surface area contributed by atoms with Crippen molar-refractivity contribution in [3.05, 3.63) is 0 Å². The fourth-order valence-corrected chi connectivity index (χ4v) is 7.07. The zero-order valence-corrected chi connectivity index (χ0v) is 31.2. The van der Waals surface area contributed by atoms with Crippen LogP contribution in [0.5, 0.6) is 0 Å². The van der Waals surface area contributed by atoms with E-state index in [4.69, 9.17) is 0 Å². The lowest BCUT2D eigenvalue weighted by Gasteiger charge is -2.39. The van der Waals surface area contributed by atoms with Crippen molar-refractivity contribution < 1.29 is 42.1 Å². The summed E-state index contributed by atoms with van der Waals surface area (Å²) in [5, 5.41) is 43.6. The maximum absolute atomic E-state index is 12.9. The lowest BCUT2D eigenvalue weighted by molar-refractivity contribution is -0.908. The van der Waals surface area contributed by atoms with Crippen LogP contribution in [0.4, 0.5) is 0 Å². The van der Waals surface area contributed by atoms with Crippen LogP contribution in [0, 0.1) is 0 Å². The Hall–Kier alpha value is -0.440. The number of carbonyl (C=O) groups excluding carboxylic acids is 1. The summed E-state index contributed by atoms with van der Waals surface area (Å²) < 4.78 is 0.915. The van der Waals surface area contributed by atoms with Crippen molar-refractivity contribution in [1.29, 1.82) is 0 Å². The van der Waals surface area contributed by atoms with Crippen molar-refractivity contribution in [2.45, 2.75) is 205 Å². The standard InChI is InChI=1S/C38H76N2O5.ClH/c1-4-6-8-10-12-14-16-18-20-22-24-26-29-40(3,30-27-25-23-21-19-17-15-13-11-9-7-5-2)31-28-39-37(44)38(45)32-34(41)36(43)35(42)33-38;/h34-36,41-43,45H,4-33H2,1-3H3;1H/t34-,35-,36?,38?;/m1./s1. The van der Waals surface area contributed by atoms with Crippen LogP contribution in [0.2, 0.25) is 0 Å². The molecule has 46 heavy (non-hydrogen) atoms. The van der Waals surface area contributed by atoms with E-state index in [-0.39, 0.29) is 25.2 Å². The van der Waals surface area contributed by atoms with Gasteiger partial charge in [-0.3, -0.25) is 4.79 Å². The van der Waals surface area contributed by atoms with Crippen molar-refractivity contribution in [3.8, 4) is 0 Å². The number of hydrogen-bond acceptors (Lipinski definition) is 5. The molecule has 8 heteroatoms. The van der Waals surface area contributed by atoms with Crippen LogP contribution in [0.1, 0.15) is 181 Å². The minimum absolute atomic E-state index is 0. The Bertz CT molecular complexity index is 673. The van der Waals surface area contributed by atoms with Gasteiger partial charge in [0.1, 0.15) is 11.7 Å². The average molecular weight is 677 g/mol. The first-order valence-corrected chi connectivity index (χ1v) is 19.6. The number of quaternary nitrogens is 1. The number of likely N-dealkylation sites (N-methyl/N-ethyl adjacent to an activating group) is 1. The molecule has 5 N–H and O–H groups in total. The summed E-state index contributed by atoms with van der Waals surface area (Å²) in [6.45, 7) is 7.98. The van der Waals surface area contributed by atoms with Crippen molar-refractivity contribution in [2.24, 2.45) is 0 Å². The Morgan fingerprint density at radius 2 is 0.891 bits per heavy atom. The Balaban J connectivity index is 0.0000202. The Morgan fingerprint density at radius 1 is 0.587 bits per heavy atom. The molecule has 1 saturated carbocycles. The minimum atomic E-state index is -1.85. The SMILES string of the molecule is CCCCCCCCCCCCCC[N+](C)(CCCCCCCCCCCCCC)CCNC(=O)C1(O)C[C@@H](O)C(O)[C@H](O)C1.[Cl-]. The van der Waals surface area contributed by atoms with Gasteiger partial charge >= 0.3 is 0 Å². The summed E-state index contributed by atoms with van der Waals surface area (Å²) in [7, 11) is 2.31. The Labute approximate surface area is 290 Å². The van der Waals surface area contributed by atoms with E-state index >= 15 is 0 Å². The van der Waals surface area contributed by atoms with E-state index in [9.17, 15) is 25.2 Å². The molecule has 0 aromatic rings. The number of rotatable bonds is 30. The van der Waals surface area contributed by atoms with Gasteiger partial charge in [0.25, 0.3) is 5.91 Å². The highest BCUT2D eigenvalue weighted by atomic mass is 35.5. The summed E-state index contributed by atoms with van der Waals surface area (Å²) in [6, 6.07) is 0. The van der Waals surface area contributed by atoms with Crippen LogP contribution in [0.3, 0.4) is 0 Å². The molecule has 0 saturated heterocycles. The molecular weight excluding hydrogens is 600 g/mol. The second-order valence-electron chi connectivity index (χ2n) is 14.9. The monoisotopic (exact) mass is 677 g/mol. The van der Waals surface area contributed by atoms with Crippen molar-refractivity contribution >= 4 is 5.91 Å². The number of aliphatic hydroxyl groups is 4. The molecule has 0 radical (unpaired) electrons. The maximum Gasteiger partial charge on any atom is 0.252 e. The number of carbonyl (C=O) groups is 1. The molecule has 1 aliphatic carbocycles. The van der Waals surface area contributed by atoms with E-state index in [2.05, 4.69) is 26.2 Å². The molecule has 1 amide bonds. The number of amides is 1. The van der Waals surface area contributed by atoms with Crippen LogP contribution < -0.4 is 17.7 Å². The number of nitrogens with zero attached hydrogens (tertiary/aromatic N) is 1. The van der Waals surface area contributed by atoms with Gasteiger partial charge in [0.05, 0.1) is 45.4 Å². The zero-order valence-electron chi connectivity index (χ0n) is 30.5. The third-order valence-corrected chi connectivity index (χ3v) is 10.3. The first-order chi connectivity index (χ1) is 21.7. The molecule has 276 valence electrons. The smallest absolute Gasteiger partial charge is 0.252 e. The van der Waals surface area contributed by atoms with Crippen LogP contribution in [0.25, 0.3) is 0 Å². The number of nitrogens with one attached hydrogen (secondary N) is 1. The van der Waals surface area contributed by atoms with Crippen molar-refractivity contribution in [3.63, 3.8) is 0 Å². The van der Waals surface area contributed by atoms with Gasteiger partial charge in [0.2, 0.25) is 0 Å². The maximum atomic E-state index is 12.9. The molecule has 7 nitrogen and oxygen atoms in total. The summed E-state index contributed by atoms with van der Waals surface area (Å²) >= 11 is 0. The average Bonchev–Trinajstić information content (AvgIpc) is 3.01. The molecule has 0 aromatic carbocycles. The molecule has 1 aliphatic rings. The summed E-state index contributed by atoms with van der Waals surface area (Å²) in [5.74, 6) is -0.560. The third-order valence-electron chi connectivity index (χ3n) is 10.3. The summed E-state index contributed by atoms with van der Waals surface area (Å²) in [4.78, 5) is 12.9. The lowest BCUT2D eigenvalue weighted by atomic mass is 9.79. The molecule has 1 fully saturated rings. The van der Waals surface area contributed by atoms with Gasteiger partial charge in [-0.15, -0.1) is 0 Å². The van der Waals surface area contributed by atoms with Gasteiger partial charge in [-0.1, -0.05) is 142 Å². The first-order valence-electron chi connectivity index (χ1n) is 19.6. The second-order valence-corrected chi connectivity index (χ2v) is 14.9. The predicted molar refractivity (Wildman–Crippen MR) is 188 cm³/mol. The summed E-state index contributed by atoms with van der Waals surface area (Å²) in [5.41, 5.74) is -1.85. The lowest BCUT2D eigenvalue weighted by Crippen LogP contribution is -3.00. The van der Waals surface area contributed by atoms with E-state index in [1.165, 1.54) is 154 Å². The normalized spacial score (nSPS) is 21.7. The molecule has 0 aliphatic heterocycles. The minimum Gasteiger partial charge on any atom is -1.00 e. The van der Waals surface area contributed by atoms with Gasteiger partial charge in [-0.05, 0) is 25.7 Å². The molecule has 0 aromatic heterocycles. The number of hydrogen-bond donors (Lipinski definition) is 5. The molecule has 0 spiro atoms. The highest BCUT2D eigenvalue weighted by Crippen LogP contribution is 2.29. The van der Waals surface area contributed by atoms with E-state index < -0.39 is 29.8 Å². The number of unbranched alkanes of at least 4 members (excludes halogenated alkanes) is 22. The predicted octanol–water partition coefficient (Wildman–Crippen LogP) is 4.56. The molecule has 1 rings (SSSR count). The van der Waals surface area contributed by atoms with Crippen molar-refractivity contribution in [2.75, 3.05) is 33.2 Å². The number of halogens is 1. The van der Waals surface area contributed by atoms with Gasteiger partial charge in [-0.25, -0.2) is 0 Å². The van der Waals surface area contributed by atoms with Gasteiger partial charge in [-0.2, -0.15) is 0 Å². The fourth-order valence-electron chi connectivity index (χ4n) is 7.07. The Morgan fingerprint density at radius 3 is 1.22 bits per heavy atom. The third kappa shape index (κ3) is 21.5. The number of aliphatic hydroxyl groups excluding tert-OH is 3. The first kappa shape index (κ1) is 45.6.